The molecule has 2 heterocycles. The summed E-state index contributed by atoms with van der Waals surface area (Å²) in [4.78, 5) is 12.9. The van der Waals surface area contributed by atoms with E-state index in [4.69, 9.17) is 0 Å². The highest BCUT2D eigenvalue weighted by molar-refractivity contribution is 5.39. The van der Waals surface area contributed by atoms with Gasteiger partial charge in [0.1, 0.15) is 5.82 Å². The number of fused-ring (bicyclic) bond motifs is 1. The zero-order valence-electron chi connectivity index (χ0n) is 13.4. The van der Waals surface area contributed by atoms with E-state index in [0.29, 0.717) is 0 Å². The number of rotatable bonds is 2. The van der Waals surface area contributed by atoms with E-state index in [-0.39, 0.29) is 11.7 Å². The van der Waals surface area contributed by atoms with Crippen LogP contribution in [0.2, 0.25) is 0 Å². The van der Waals surface area contributed by atoms with Crippen molar-refractivity contribution in [1.82, 2.24) is 14.3 Å². The van der Waals surface area contributed by atoms with Crippen molar-refractivity contribution in [2.45, 2.75) is 32.7 Å². The Morgan fingerprint density at radius 1 is 1.04 bits per heavy atom. The summed E-state index contributed by atoms with van der Waals surface area (Å²) in [5, 5.41) is 4.59. The normalized spacial score (nSPS) is 16.5. The van der Waals surface area contributed by atoms with Crippen molar-refractivity contribution in [3.05, 3.63) is 81.5 Å². The molecule has 0 radical (unpaired) electrons. The van der Waals surface area contributed by atoms with Crippen molar-refractivity contribution in [2.24, 2.45) is 0 Å². The molecule has 0 saturated heterocycles. The quantitative estimate of drug-likeness (QED) is 0.729. The standard InChI is InChI=1S/C19H19N3O/c1-13-10-14(2)12-16(11-13)22-19(23)21-17(8-9-18(21)20-22)15-6-4-3-5-7-15/h3-7,10-12,17H,8-9H2,1-2H3/t17-/m0/s1. The summed E-state index contributed by atoms with van der Waals surface area (Å²) in [6, 6.07) is 16.4. The van der Waals surface area contributed by atoms with E-state index in [2.05, 4.69) is 23.3 Å². The third kappa shape index (κ3) is 2.31. The molecule has 1 aromatic heterocycles. The maximum absolute atomic E-state index is 12.9. The van der Waals surface area contributed by atoms with Crippen LogP contribution in [0.15, 0.2) is 53.3 Å². The van der Waals surface area contributed by atoms with Gasteiger partial charge in [-0.05, 0) is 49.1 Å². The zero-order chi connectivity index (χ0) is 16.0. The molecular weight excluding hydrogens is 286 g/mol. The van der Waals surface area contributed by atoms with E-state index >= 15 is 0 Å². The molecule has 0 unspecified atom stereocenters. The minimum absolute atomic E-state index is 0.0450. The summed E-state index contributed by atoms with van der Waals surface area (Å²) < 4.78 is 3.40. The molecular formula is C19H19N3O. The first-order valence-corrected chi connectivity index (χ1v) is 7.97. The largest absolute Gasteiger partial charge is 0.351 e. The van der Waals surface area contributed by atoms with Crippen LogP contribution in [0.4, 0.5) is 0 Å². The molecule has 1 aliphatic heterocycles. The average Bonchev–Trinajstić information content (AvgIpc) is 3.08. The number of hydrogen-bond donors (Lipinski definition) is 0. The van der Waals surface area contributed by atoms with Crippen LogP contribution in [0.5, 0.6) is 0 Å². The summed E-state index contributed by atoms with van der Waals surface area (Å²) in [6.07, 6.45) is 1.78. The van der Waals surface area contributed by atoms with Gasteiger partial charge >= 0.3 is 5.69 Å². The van der Waals surface area contributed by atoms with Crippen molar-refractivity contribution in [1.29, 1.82) is 0 Å². The van der Waals surface area contributed by atoms with E-state index in [0.717, 1.165) is 35.5 Å². The van der Waals surface area contributed by atoms with Gasteiger partial charge in [-0.3, -0.25) is 4.57 Å². The predicted molar refractivity (Wildman–Crippen MR) is 90.2 cm³/mol. The van der Waals surface area contributed by atoms with E-state index in [1.165, 1.54) is 5.56 Å². The van der Waals surface area contributed by atoms with Gasteiger partial charge in [-0.15, -0.1) is 5.10 Å². The second-order valence-electron chi connectivity index (χ2n) is 6.29. The lowest BCUT2D eigenvalue weighted by Gasteiger charge is -2.12. The number of benzene rings is 2. The highest BCUT2D eigenvalue weighted by atomic mass is 16.2. The van der Waals surface area contributed by atoms with Gasteiger partial charge in [-0.1, -0.05) is 36.4 Å². The molecule has 0 aliphatic carbocycles. The van der Waals surface area contributed by atoms with Gasteiger partial charge in [0.2, 0.25) is 0 Å². The van der Waals surface area contributed by atoms with E-state index in [1.54, 1.807) is 4.68 Å². The van der Waals surface area contributed by atoms with Crippen molar-refractivity contribution < 1.29 is 0 Å². The van der Waals surface area contributed by atoms with Crippen LogP contribution in [0.1, 0.15) is 35.0 Å². The van der Waals surface area contributed by atoms with Gasteiger partial charge in [-0.2, -0.15) is 4.68 Å². The Morgan fingerprint density at radius 3 is 2.43 bits per heavy atom. The molecule has 0 saturated carbocycles. The second-order valence-corrected chi connectivity index (χ2v) is 6.29. The average molecular weight is 305 g/mol. The zero-order valence-corrected chi connectivity index (χ0v) is 13.4. The number of hydrogen-bond acceptors (Lipinski definition) is 2. The molecule has 4 heteroatoms. The summed E-state index contributed by atoms with van der Waals surface area (Å²) in [7, 11) is 0. The van der Waals surface area contributed by atoms with Crippen LogP contribution in [0, 0.1) is 13.8 Å². The third-order valence-electron chi connectivity index (χ3n) is 4.47. The maximum Gasteiger partial charge on any atom is 0.351 e. The van der Waals surface area contributed by atoms with Gasteiger partial charge in [0.25, 0.3) is 0 Å². The highest BCUT2D eigenvalue weighted by Crippen LogP contribution is 2.29. The first-order chi connectivity index (χ1) is 11.1. The van der Waals surface area contributed by atoms with E-state index < -0.39 is 0 Å². The minimum Gasteiger partial charge on any atom is -0.271 e. The first kappa shape index (κ1) is 14.0. The van der Waals surface area contributed by atoms with Gasteiger partial charge in [0.15, 0.2) is 0 Å². The Bertz CT molecular complexity index is 901. The van der Waals surface area contributed by atoms with Crippen LogP contribution in [-0.4, -0.2) is 14.3 Å². The Morgan fingerprint density at radius 2 is 1.74 bits per heavy atom. The van der Waals surface area contributed by atoms with Crippen molar-refractivity contribution in [3.8, 4) is 5.69 Å². The molecule has 4 nitrogen and oxygen atoms in total. The number of aromatic nitrogens is 3. The monoisotopic (exact) mass is 305 g/mol. The molecule has 0 fully saturated rings. The number of nitrogens with zero attached hydrogens (tertiary/aromatic N) is 3. The lowest BCUT2D eigenvalue weighted by atomic mass is 10.1. The molecule has 0 bridgehead atoms. The van der Waals surface area contributed by atoms with Crippen molar-refractivity contribution in [3.63, 3.8) is 0 Å². The fourth-order valence-corrected chi connectivity index (χ4v) is 3.53. The molecule has 2 aromatic carbocycles. The van der Waals surface area contributed by atoms with Crippen molar-refractivity contribution >= 4 is 0 Å². The van der Waals surface area contributed by atoms with Gasteiger partial charge in [0, 0.05) is 6.42 Å². The Labute approximate surface area is 135 Å². The third-order valence-corrected chi connectivity index (χ3v) is 4.47. The maximum atomic E-state index is 12.9. The van der Waals surface area contributed by atoms with E-state index in [1.807, 2.05) is 48.7 Å². The molecule has 0 amide bonds. The molecule has 4 rings (SSSR count). The van der Waals surface area contributed by atoms with Crippen molar-refractivity contribution in [2.75, 3.05) is 0 Å². The van der Waals surface area contributed by atoms with Gasteiger partial charge in [0.05, 0.1) is 11.7 Å². The Kier molecular flexibility index (Phi) is 3.18. The smallest absolute Gasteiger partial charge is 0.271 e. The van der Waals surface area contributed by atoms with Gasteiger partial charge < -0.3 is 0 Å². The molecule has 116 valence electrons. The highest BCUT2D eigenvalue weighted by Gasteiger charge is 2.29. The lowest BCUT2D eigenvalue weighted by Crippen LogP contribution is -2.26. The van der Waals surface area contributed by atoms with E-state index in [9.17, 15) is 4.79 Å². The Balaban J connectivity index is 1.84. The molecule has 0 spiro atoms. The number of aryl methyl sites for hydroxylation is 3. The molecule has 1 atom stereocenters. The SMILES string of the molecule is Cc1cc(C)cc(-n2nc3n(c2=O)[C@H](c2ccccc2)CC3)c1. The molecule has 0 N–H and O–H groups in total. The molecule has 23 heavy (non-hydrogen) atoms. The van der Waals surface area contributed by atoms with Crippen LogP contribution >= 0.6 is 0 Å². The summed E-state index contributed by atoms with van der Waals surface area (Å²) in [5.74, 6) is 0.878. The molecule has 1 aliphatic rings. The fourth-order valence-electron chi connectivity index (χ4n) is 3.53. The summed E-state index contributed by atoms with van der Waals surface area (Å²) in [5.41, 5.74) is 4.25. The molecule has 3 aromatic rings. The second kappa shape index (κ2) is 5.23. The lowest BCUT2D eigenvalue weighted by molar-refractivity contribution is 0.588. The van der Waals surface area contributed by atoms with Crippen LogP contribution < -0.4 is 5.69 Å². The van der Waals surface area contributed by atoms with Crippen LogP contribution in [0.3, 0.4) is 0 Å². The fraction of sp³-hybridized carbons (Fsp3) is 0.263. The Hall–Kier alpha value is -2.62. The van der Waals surface area contributed by atoms with Crippen LogP contribution in [-0.2, 0) is 6.42 Å². The summed E-state index contributed by atoms with van der Waals surface area (Å²) >= 11 is 0. The predicted octanol–water partition coefficient (Wildman–Crippen LogP) is 3.19. The van der Waals surface area contributed by atoms with Crippen LogP contribution in [0.25, 0.3) is 5.69 Å². The summed E-state index contributed by atoms with van der Waals surface area (Å²) in [6.45, 7) is 4.08. The first-order valence-electron chi connectivity index (χ1n) is 7.97. The minimum atomic E-state index is -0.0450. The topological polar surface area (TPSA) is 39.8 Å². The van der Waals surface area contributed by atoms with Gasteiger partial charge in [-0.25, -0.2) is 4.79 Å².